The summed E-state index contributed by atoms with van der Waals surface area (Å²) in [4.78, 5) is 2.42. The van der Waals surface area contributed by atoms with E-state index in [2.05, 4.69) is 11.0 Å². The summed E-state index contributed by atoms with van der Waals surface area (Å²) in [5.41, 5.74) is 2.24. The number of benzene rings is 1. The molecule has 0 N–H and O–H groups in total. The fraction of sp³-hybridized carbons (Fsp3) is 0.684. The summed E-state index contributed by atoms with van der Waals surface area (Å²) in [6.45, 7) is 6.47. The number of hydrogen-bond acceptors (Lipinski definition) is 6. The number of methoxy groups -OCH3 is 2. The van der Waals surface area contributed by atoms with Gasteiger partial charge in [0.15, 0.2) is 11.5 Å². The molecule has 0 aliphatic carbocycles. The zero-order valence-corrected chi connectivity index (χ0v) is 17.1. The van der Waals surface area contributed by atoms with Crippen molar-refractivity contribution in [1.82, 2.24) is 4.90 Å². The average Bonchev–Trinajstić information content (AvgIpc) is 2.66. The molecule has 0 saturated carbocycles. The quantitative estimate of drug-likeness (QED) is 0.663. The molecule has 1 saturated heterocycles. The molecule has 2 atom stereocenters. The maximum atomic E-state index is 13.6. The molecule has 0 amide bonds. The number of piperidine rings is 1. The van der Waals surface area contributed by atoms with Crippen molar-refractivity contribution in [1.29, 1.82) is 0 Å². The standard InChI is InChI=1S/C19H30NO5P/c1-5-24-26(21,25-6-2)18-8-7-10-20-11-9-14-12-16(22-3)17(23-4)13-15(14)19(18)20/h12-13,18-19H,5-11H2,1-4H3/t18-,19+/m0/s1. The second-order valence-corrected chi connectivity index (χ2v) is 8.98. The maximum absolute atomic E-state index is 13.6. The molecule has 2 aliphatic heterocycles. The number of fused-ring (bicyclic) bond motifs is 3. The lowest BCUT2D eigenvalue weighted by Crippen LogP contribution is -2.46. The number of nitrogens with zero attached hydrogens (tertiary/aromatic N) is 1. The lowest BCUT2D eigenvalue weighted by atomic mass is 9.86. The molecule has 0 spiro atoms. The SMILES string of the molecule is CCOP(=O)(OCC)[C@H]1CCCN2CCc3cc(OC)c(OC)cc3[C@H]12. The second kappa shape index (κ2) is 8.30. The predicted octanol–water partition coefficient (Wildman–Crippen LogP) is 4.03. The Balaban J connectivity index is 2.06. The van der Waals surface area contributed by atoms with E-state index in [4.69, 9.17) is 18.5 Å². The Morgan fingerprint density at radius 2 is 1.73 bits per heavy atom. The Kier molecular flexibility index (Phi) is 6.29. The van der Waals surface area contributed by atoms with Gasteiger partial charge >= 0.3 is 7.60 Å². The highest BCUT2D eigenvalue weighted by Crippen LogP contribution is 2.61. The average molecular weight is 383 g/mol. The van der Waals surface area contributed by atoms with Crippen LogP contribution in [-0.2, 0) is 20.0 Å². The van der Waals surface area contributed by atoms with Crippen LogP contribution in [0.25, 0.3) is 0 Å². The Hall–Kier alpha value is -1.07. The minimum atomic E-state index is -3.20. The molecule has 0 bridgehead atoms. The highest BCUT2D eigenvalue weighted by atomic mass is 31.2. The van der Waals surface area contributed by atoms with Gasteiger partial charge in [-0.15, -0.1) is 0 Å². The van der Waals surface area contributed by atoms with Gasteiger partial charge in [-0.1, -0.05) is 0 Å². The van der Waals surface area contributed by atoms with Crippen LogP contribution < -0.4 is 9.47 Å². The van der Waals surface area contributed by atoms with Crippen LogP contribution in [0.3, 0.4) is 0 Å². The van der Waals surface area contributed by atoms with Crippen LogP contribution in [0.2, 0.25) is 0 Å². The third kappa shape index (κ3) is 3.53. The van der Waals surface area contributed by atoms with Gasteiger partial charge in [0.25, 0.3) is 0 Å². The van der Waals surface area contributed by atoms with Gasteiger partial charge in [0, 0.05) is 12.6 Å². The van der Waals surface area contributed by atoms with Crippen LogP contribution in [-0.4, -0.2) is 51.1 Å². The van der Waals surface area contributed by atoms with Crippen molar-refractivity contribution in [3.8, 4) is 11.5 Å². The molecule has 1 aromatic rings. The minimum Gasteiger partial charge on any atom is -0.493 e. The molecule has 0 unspecified atom stereocenters. The predicted molar refractivity (Wildman–Crippen MR) is 101 cm³/mol. The minimum absolute atomic E-state index is 0.0243. The van der Waals surface area contributed by atoms with Gasteiger partial charge in [0.1, 0.15) is 0 Å². The van der Waals surface area contributed by atoms with Crippen molar-refractivity contribution in [3.05, 3.63) is 23.3 Å². The van der Waals surface area contributed by atoms with Gasteiger partial charge in [0.2, 0.25) is 0 Å². The summed E-state index contributed by atoms with van der Waals surface area (Å²) in [5, 5.41) is 0. The first-order chi connectivity index (χ1) is 12.6. The normalized spacial score (nSPS) is 23.2. The van der Waals surface area contributed by atoms with E-state index in [-0.39, 0.29) is 11.7 Å². The topological polar surface area (TPSA) is 57.2 Å². The number of ether oxygens (including phenoxy) is 2. The van der Waals surface area contributed by atoms with Gasteiger partial charge in [-0.3, -0.25) is 9.46 Å². The maximum Gasteiger partial charge on any atom is 0.335 e. The van der Waals surface area contributed by atoms with E-state index in [0.717, 1.165) is 38.1 Å². The van der Waals surface area contributed by atoms with E-state index < -0.39 is 7.60 Å². The first-order valence-corrected chi connectivity index (χ1v) is 11.1. The zero-order valence-electron chi connectivity index (χ0n) is 16.2. The smallest absolute Gasteiger partial charge is 0.335 e. The van der Waals surface area contributed by atoms with E-state index >= 15 is 0 Å². The summed E-state index contributed by atoms with van der Waals surface area (Å²) < 4.78 is 36.0. The molecule has 2 heterocycles. The van der Waals surface area contributed by atoms with Crippen LogP contribution in [0.5, 0.6) is 11.5 Å². The molecule has 1 aromatic carbocycles. The monoisotopic (exact) mass is 383 g/mol. The largest absolute Gasteiger partial charge is 0.493 e. The Labute approximate surface area is 156 Å². The van der Waals surface area contributed by atoms with Crippen molar-refractivity contribution in [2.45, 2.75) is 44.8 Å². The van der Waals surface area contributed by atoms with Crippen LogP contribution in [0.15, 0.2) is 12.1 Å². The Morgan fingerprint density at radius 1 is 1.08 bits per heavy atom. The molecule has 1 fully saturated rings. The van der Waals surface area contributed by atoms with Crippen molar-refractivity contribution < 1.29 is 23.1 Å². The Bertz CT molecular complexity index is 670. The van der Waals surface area contributed by atoms with Crippen LogP contribution in [0, 0.1) is 0 Å². The van der Waals surface area contributed by atoms with Crippen LogP contribution in [0.4, 0.5) is 0 Å². The molecule has 6 nitrogen and oxygen atoms in total. The van der Waals surface area contributed by atoms with Gasteiger partial charge in [-0.05, 0) is 62.9 Å². The highest BCUT2D eigenvalue weighted by Gasteiger charge is 2.47. The van der Waals surface area contributed by atoms with Gasteiger partial charge in [-0.2, -0.15) is 0 Å². The summed E-state index contributed by atoms with van der Waals surface area (Å²) in [6.07, 6.45) is 2.80. The molecule has 3 rings (SSSR count). The number of rotatable bonds is 7. The lowest BCUT2D eigenvalue weighted by Gasteiger charge is -2.46. The van der Waals surface area contributed by atoms with E-state index in [9.17, 15) is 4.57 Å². The second-order valence-electron chi connectivity index (χ2n) is 6.72. The van der Waals surface area contributed by atoms with Crippen molar-refractivity contribution in [2.75, 3.05) is 40.5 Å². The highest BCUT2D eigenvalue weighted by molar-refractivity contribution is 7.54. The fourth-order valence-corrected chi connectivity index (χ4v) is 6.68. The van der Waals surface area contributed by atoms with Crippen LogP contribution >= 0.6 is 7.60 Å². The van der Waals surface area contributed by atoms with Crippen molar-refractivity contribution in [2.24, 2.45) is 0 Å². The summed E-state index contributed by atoms with van der Waals surface area (Å²) in [5.74, 6) is 1.45. The van der Waals surface area contributed by atoms with E-state index in [1.807, 2.05) is 19.9 Å². The van der Waals surface area contributed by atoms with Crippen molar-refractivity contribution >= 4 is 7.60 Å². The molecule has 2 aliphatic rings. The third-order valence-corrected chi connectivity index (χ3v) is 7.95. The van der Waals surface area contributed by atoms with E-state index in [1.165, 1.54) is 11.1 Å². The molecule has 0 aromatic heterocycles. The van der Waals surface area contributed by atoms with E-state index in [1.54, 1.807) is 14.2 Å². The molecule has 146 valence electrons. The summed E-state index contributed by atoms with van der Waals surface area (Å²) in [7, 11) is 0.105. The number of hydrogen-bond donors (Lipinski definition) is 0. The van der Waals surface area contributed by atoms with Gasteiger partial charge in [0.05, 0.1) is 33.1 Å². The summed E-state index contributed by atoms with van der Waals surface area (Å²) in [6, 6.07) is 4.13. The molecular weight excluding hydrogens is 353 g/mol. The first-order valence-electron chi connectivity index (χ1n) is 9.45. The Morgan fingerprint density at radius 3 is 2.35 bits per heavy atom. The fourth-order valence-electron chi connectivity index (χ4n) is 4.31. The van der Waals surface area contributed by atoms with Crippen LogP contribution in [0.1, 0.15) is 43.9 Å². The molecule has 0 radical (unpaired) electrons. The molecule has 26 heavy (non-hydrogen) atoms. The molecular formula is C19H30NO5P. The van der Waals surface area contributed by atoms with E-state index in [0.29, 0.717) is 19.0 Å². The van der Waals surface area contributed by atoms with Gasteiger partial charge < -0.3 is 18.5 Å². The lowest BCUT2D eigenvalue weighted by molar-refractivity contribution is 0.117. The van der Waals surface area contributed by atoms with Crippen molar-refractivity contribution in [3.63, 3.8) is 0 Å². The third-order valence-electron chi connectivity index (χ3n) is 5.36. The first kappa shape index (κ1) is 19.7. The van der Waals surface area contributed by atoms with Gasteiger partial charge in [-0.25, -0.2) is 0 Å². The zero-order chi connectivity index (χ0) is 18.7. The molecule has 7 heteroatoms. The summed E-state index contributed by atoms with van der Waals surface area (Å²) >= 11 is 0.